The maximum Gasteiger partial charge on any atom is 0.273 e. The zero-order valence-corrected chi connectivity index (χ0v) is 16.0. The molecule has 2 amide bonds. The molecule has 6 nitrogen and oxygen atoms in total. The Bertz CT molecular complexity index is 794. The van der Waals surface area contributed by atoms with Crippen LogP contribution < -0.4 is 5.32 Å². The molecule has 1 aliphatic rings. The Balaban J connectivity index is 1.70. The van der Waals surface area contributed by atoms with Crippen molar-refractivity contribution in [2.75, 3.05) is 13.1 Å². The van der Waals surface area contributed by atoms with Crippen LogP contribution in [0.25, 0.3) is 0 Å². The van der Waals surface area contributed by atoms with Gasteiger partial charge >= 0.3 is 0 Å². The van der Waals surface area contributed by atoms with Crippen molar-refractivity contribution in [3.8, 4) is 0 Å². The summed E-state index contributed by atoms with van der Waals surface area (Å²) >= 11 is 1.29. The highest BCUT2D eigenvalue weighted by Crippen LogP contribution is 2.30. The van der Waals surface area contributed by atoms with Crippen molar-refractivity contribution in [1.82, 2.24) is 20.2 Å². The fourth-order valence-electron chi connectivity index (χ4n) is 2.93. The molecule has 27 heavy (non-hydrogen) atoms. The van der Waals surface area contributed by atoms with E-state index in [4.69, 9.17) is 0 Å². The number of piperidine rings is 1. The van der Waals surface area contributed by atoms with Gasteiger partial charge in [-0.3, -0.25) is 9.59 Å². The number of rotatable bonds is 5. The van der Waals surface area contributed by atoms with Crippen LogP contribution in [0.3, 0.4) is 0 Å². The Morgan fingerprint density at radius 1 is 1.33 bits per heavy atom. The molecule has 2 aromatic rings. The Kier molecular flexibility index (Phi) is 5.59. The normalized spacial score (nSPS) is 17.7. The first-order valence-corrected chi connectivity index (χ1v) is 9.71. The largest absolute Gasteiger partial charge is 0.357 e. The van der Waals surface area contributed by atoms with Gasteiger partial charge in [0, 0.05) is 37.5 Å². The average molecular weight is 396 g/mol. The molecule has 1 fully saturated rings. The van der Waals surface area contributed by atoms with Gasteiger partial charge in [0.1, 0.15) is 16.4 Å². The van der Waals surface area contributed by atoms with E-state index in [0.717, 1.165) is 0 Å². The smallest absolute Gasteiger partial charge is 0.273 e. The van der Waals surface area contributed by atoms with E-state index in [1.807, 2.05) is 13.8 Å². The van der Waals surface area contributed by atoms with E-state index in [0.29, 0.717) is 10.7 Å². The summed E-state index contributed by atoms with van der Waals surface area (Å²) in [6.45, 7) is 3.95. The van der Waals surface area contributed by atoms with Crippen molar-refractivity contribution in [2.24, 2.45) is 5.92 Å². The van der Waals surface area contributed by atoms with E-state index < -0.39 is 5.92 Å². The first kappa shape index (κ1) is 19.5. The molecular weight excluding hydrogens is 374 g/mol. The van der Waals surface area contributed by atoms with Crippen LogP contribution in [0.5, 0.6) is 0 Å². The lowest BCUT2D eigenvalue weighted by Crippen LogP contribution is -2.42. The van der Waals surface area contributed by atoms with Crippen LogP contribution in [0.4, 0.5) is 8.78 Å². The third-order valence-electron chi connectivity index (χ3n) is 4.59. The van der Waals surface area contributed by atoms with Gasteiger partial charge in [-0.25, -0.2) is 13.8 Å². The number of amides is 2. The lowest BCUT2D eigenvalue weighted by molar-refractivity contribution is -0.0495. The molecule has 0 radical (unpaired) electrons. The highest BCUT2D eigenvalue weighted by molar-refractivity contribution is 7.09. The molecule has 0 spiro atoms. The SMILES string of the molecule is CC(C)[C@H](NC(=O)c1ccc[nH]1)c1nc(C(=O)N2CCC(F)(F)CC2)cs1. The van der Waals surface area contributed by atoms with Gasteiger partial charge in [0.2, 0.25) is 0 Å². The maximum atomic E-state index is 13.3. The van der Waals surface area contributed by atoms with Crippen molar-refractivity contribution in [3.63, 3.8) is 0 Å². The topological polar surface area (TPSA) is 78.1 Å². The third kappa shape index (κ3) is 4.52. The van der Waals surface area contributed by atoms with Crippen LogP contribution in [-0.2, 0) is 0 Å². The number of carbonyl (C=O) groups is 2. The molecule has 146 valence electrons. The summed E-state index contributed by atoms with van der Waals surface area (Å²) in [7, 11) is 0. The molecule has 0 aromatic carbocycles. The van der Waals surface area contributed by atoms with Crippen LogP contribution in [0.2, 0.25) is 0 Å². The number of likely N-dealkylation sites (tertiary alicyclic amines) is 1. The third-order valence-corrected chi connectivity index (χ3v) is 5.51. The Hall–Kier alpha value is -2.29. The number of hydrogen-bond donors (Lipinski definition) is 2. The molecule has 0 unspecified atom stereocenters. The summed E-state index contributed by atoms with van der Waals surface area (Å²) in [5.74, 6) is -3.23. The summed E-state index contributed by atoms with van der Waals surface area (Å²) in [6, 6.07) is 3.06. The molecule has 0 bridgehead atoms. The minimum atomic E-state index is -2.70. The molecule has 9 heteroatoms. The van der Waals surface area contributed by atoms with Gasteiger partial charge in [0.05, 0.1) is 6.04 Å². The Morgan fingerprint density at radius 2 is 2.04 bits per heavy atom. The highest BCUT2D eigenvalue weighted by atomic mass is 32.1. The molecule has 2 aromatic heterocycles. The van der Waals surface area contributed by atoms with Crippen LogP contribution in [0.15, 0.2) is 23.7 Å². The molecule has 1 atom stereocenters. The minimum Gasteiger partial charge on any atom is -0.357 e. The summed E-state index contributed by atoms with van der Waals surface area (Å²) in [6.07, 6.45) is 1.02. The predicted octanol–water partition coefficient (Wildman–Crippen LogP) is 3.47. The minimum absolute atomic E-state index is 0.0237. The van der Waals surface area contributed by atoms with E-state index >= 15 is 0 Å². The molecule has 0 saturated carbocycles. The molecule has 3 heterocycles. The van der Waals surface area contributed by atoms with Crippen molar-refractivity contribution >= 4 is 23.2 Å². The van der Waals surface area contributed by atoms with E-state index in [1.54, 1.807) is 23.7 Å². The zero-order valence-electron chi connectivity index (χ0n) is 15.2. The van der Waals surface area contributed by atoms with Gasteiger partial charge in [0.15, 0.2) is 0 Å². The van der Waals surface area contributed by atoms with Crippen molar-refractivity contribution in [1.29, 1.82) is 0 Å². The van der Waals surface area contributed by atoms with Gasteiger partial charge in [0.25, 0.3) is 17.7 Å². The number of alkyl halides is 2. The monoisotopic (exact) mass is 396 g/mol. The predicted molar refractivity (Wildman–Crippen MR) is 98.0 cm³/mol. The summed E-state index contributed by atoms with van der Waals surface area (Å²) in [4.78, 5) is 33.6. The number of halogens is 2. The number of nitrogens with zero attached hydrogens (tertiary/aromatic N) is 2. The summed E-state index contributed by atoms with van der Waals surface area (Å²) in [5, 5.41) is 5.18. The number of nitrogens with one attached hydrogen (secondary N) is 2. The molecule has 0 aliphatic carbocycles. The fraction of sp³-hybridized carbons (Fsp3) is 0.500. The lowest BCUT2D eigenvalue weighted by Gasteiger charge is -2.31. The molecule has 3 rings (SSSR count). The first-order valence-electron chi connectivity index (χ1n) is 8.83. The number of H-pyrrole nitrogens is 1. The van der Waals surface area contributed by atoms with E-state index in [9.17, 15) is 18.4 Å². The van der Waals surface area contributed by atoms with Crippen LogP contribution in [-0.4, -0.2) is 45.7 Å². The van der Waals surface area contributed by atoms with E-state index in [1.165, 1.54) is 16.2 Å². The second kappa shape index (κ2) is 7.75. The van der Waals surface area contributed by atoms with Crippen LogP contribution in [0.1, 0.15) is 58.7 Å². The molecule has 2 N–H and O–H groups in total. The van der Waals surface area contributed by atoms with Gasteiger partial charge in [-0.15, -0.1) is 11.3 Å². The van der Waals surface area contributed by atoms with Crippen molar-refractivity contribution < 1.29 is 18.4 Å². The van der Waals surface area contributed by atoms with Gasteiger partial charge in [-0.05, 0) is 18.1 Å². The number of carbonyl (C=O) groups excluding carboxylic acids is 2. The quantitative estimate of drug-likeness (QED) is 0.812. The van der Waals surface area contributed by atoms with Gasteiger partial charge in [-0.1, -0.05) is 13.8 Å². The van der Waals surface area contributed by atoms with Crippen molar-refractivity contribution in [3.05, 3.63) is 40.1 Å². The van der Waals surface area contributed by atoms with E-state index in [-0.39, 0.29) is 55.4 Å². The van der Waals surface area contributed by atoms with E-state index in [2.05, 4.69) is 15.3 Å². The molecular formula is C18H22F2N4O2S. The summed E-state index contributed by atoms with van der Waals surface area (Å²) in [5.41, 5.74) is 0.683. The van der Waals surface area contributed by atoms with Crippen LogP contribution >= 0.6 is 11.3 Å². The molecule has 1 aliphatic heterocycles. The Morgan fingerprint density at radius 3 is 2.63 bits per heavy atom. The second-order valence-corrected chi connectivity index (χ2v) is 7.89. The van der Waals surface area contributed by atoms with Gasteiger partial charge < -0.3 is 15.2 Å². The Labute approximate surface area is 160 Å². The van der Waals surface area contributed by atoms with Gasteiger partial charge in [-0.2, -0.15) is 0 Å². The number of aromatic amines is 1. The highest BCUT2D eigenvalue weighted by Gasteiger charge is 2.36. The van der Waals surface area contributed by atoms with Crippen LogP contribution in [0, 0.1) is 5.92 Å². The second-order valence-electron chi connectivity index (χ2n) is 7.00. The number of hydrogen-bond acceptors (Lipinski definition) is 4. The number of thiazole rings is 1. The standard InChI is InChI=1S/C18H22F2N4O2S/c1-11(2)14(23-15(25)12-4-3-7-21-12)16-22-13(10-27-16)17(26)24-8-5-18(19,20)6-9-24/h3-4,7,10-11,14,21H,5-6,8-9H2,1-2H3,(H,23,25)/t14-/m0/s1. The average Bonchev–Trinajstić information content (AvgIpc) is 3.30. The first-order chi connectivity index (χ1) is 12.8. The fourth-order valence-corrected chi connectivity index (χ4v) is 3.95. The molecule has 1 saturated heterocycles. The zero-order chi connectivity index (χ0) is 19.6. The van der Waals surface area contributed by atoms with Crippen molar-refractivity contribution in [2.45, 2.75) is 38.7 Å². The summed E-state index contributed by atoms with van der Waals surface area (Å²) < 4.78 is 26.6. The number of aromatic nitrogens is 2. The maximum absolute atomic E-state index is 13.3. The lowest BCUT2D eigenvalue weighted by atomic mass is 10.0.